The van der Waals surface area contributed by atoms with E-state index in [2.05, 4.69) is 14.9 Å². The van der Waals surface area contributed by atoms with Crippen LogP contribution in [0, 0.1) is 6.92 Å². The molecule has 152 valence electrons. The van der Waals surface area contributed by atoms with Crippen LogP contribution in [-0.4, -0.2) is 26.9 Å². The van der Waals surface area contributed by atoms with Gasteiger partial charge in [0.1, 0.15) is 11.5 Å². The number of aryl methyl sites for hydroxylation is 1. The lowest BCUT2D eigenvalue weighted by molar-refractivity contribution is -0.124. The highest BCUT2D eigenvalue weighted by Gasteiger charge is 2.37. The van der Waals surface area contributed by atoms with E-state index in [4.69, 9.17) is 16.0 Å². The van der Waals surface area contributed by atoms with Crippen LogP contribution in [0.3, 0.4) is 0 Å². The van der Waals surface area contributed by atoms with Crippen LogP contribution in [0.2, 0.25) is 5.02 Å². The molecule has 1 atom stereocenters. The molecule has 2 aromatic heterocycles. The quantitative estimate of drug-likeness (QED) is 0.645. The van der Waals surface area contributed by atoms with Crippen LogP contribution in [0.1, 0.15) is 48.8 Å². The summed E-state index contributed by atoms with van der Waals surface area (Å²) in [6.07, 6.45) is 0. The summed E-state index contributed by atoms with van der Waals surface area (Å²) in [5, 5.41) is 8.78. The Morgan fingerprint density at radius 3 is 2.55 bits per heavy atom. The third kappa shape index (κ3) is 5.02. The predicted molar refractivity (Wildman–Crippen MR) is 112 cm³/mol. The fraction of sp³-hybridized carbons (Fsp3) is 0.300. The van der Waals surface area contributed by atoms with Crippen molar-refractivity contribution in [2.45, 2.75) is 39.3 Å². The molecule has 0 saturated heterocycles. The van der Waals surface area contributed by atoms with Crippen molar-refractivity contribution in [1.82, 2.24) is 14.9 Å². The summed E-state index contributed by atoms with van der Waals surface area (Å²) in [6, 6.07) is 9.10. The van der Waals surface area contributed by atoms with E-state index in [1.54, 1.807) is 43.3 Å². The van der Waals surface area contributed by atoms with Crippen molar-refractivity contribution in [3.63, 3.8) is 0 Å². The van der Waals surface area contributed by atoms with Crippen molar-refractivity contribution in [2.24, 2.45) is 0 Å². The summed E-state index contributed by atoms with van der Waals surface area (Å²) in [5.74, 6) is 0.0932. The van der Waals surface area contributed by atoms with E-state index in [-0.39, 0.29) is 11.6 Å². The van der Waals surface area contributed by atoms with E-state index in [0.717, 1.165) is 11.5 Å². The summed E-state index contributed by atoms with van der Waals surface area (Å²) in [5.41, 5.74) is 0.0628. The number of benzene rings is 1. The van der Waals surface area contributed by atoms with E-state index < -0.39 is 17.5 Å². The Labute approximate surface area is 177 Å². The second kappa shape index (κ2) is 8.34. The molecule has 29 heavy (non-hydrogen) atoms. The summed E-state index contributed by atoms with van der Waals surface area (Å²) in [6.45, 7) is 7.37. The molecule has 2 amide bonds. The second-order valence-electron chi connectivity index (χ2n) is 7.54. The number of anilines is 1. The lowest BCUT2D eigenvalue weighted by Gasteiger charge is -2.32. The number of carbonyl (C=O) groups excluding carboxylic acids is 2. The molecule has 3 aromatic rings. The van der Waals surface area contributed by atoms with Gasteiger partial charge in [0.25, 0.3) is 11.8 Å². The molecule has 0 fully saturated rings. The van der Waals surface area contributed by atoms with Crippen molar-refractivity contribution in [3.05, 3.63) is 64.0 Å². The second-order valence-corrected chi connectivity index (χ2v) is 8.58. The number of halogens is 1. The first kappa shape index (κ1) is 21.0. The van der Waals surface area contributed by atoms with E-state index >= 15 is 0 Å². The number of nitrogens with zero attached hydrogens (tertiary/aromatic N) is 3. The summed E-state index contributed by atoms with van der Waals surface area (Å²) < 4.78 is 9.53. The first-order valence-corrected chi connectivity index (χ1v) is 10.1. The summed E-state index contributed by atoms with van der Waals surface area (Å²) >= 11 is 7.23. The number of carbonyl (C=O) groups is 2. The van der Waals surface area contributed by atoms with Gasteiger partial charge >= 0.3 is 0 Å². The minimum atomic E-state index is -1.06. The molecule has 7 nitrogen and oxygen atoms in total. The normalized spacial score (nSPS) is 12.4. The maximum Gasteiger partial charge on any atom is 0.280 e. The zero-order valence-electron chi connectivity index (χ0n) is 16.5. The van der Waals surface area contributed by atoms with Crippen LogP contribution < -0.4 is 10.2 Å². The molecule has 2 heterocycles. The Balaban J connectivity index is 2.16. The topological polar surface area (TPSA) is 88.3 Å². The molecule has 0 unspecified atom stereocenters. The Bertz CT molecular complexity index is 1010. The largest absolute Gasteiger partial charge is 0.464 e. The lowest BCUT2D eigenvalue weighted by Crippen LogP contribution is -2.49. The van der Waals surface area contributed by atoms with Gasteiger partial charge in [0.05, 0.1) is 0 Å². The Morgan fingerprint density at radius 1 is 1.24 bits per heavy atom. The van der Waals surface area contributed by atoms with Crippen LogP contribution in [0.25, 0.3) is 0 Å². The molecule has 0 saturated carbocycles. The Kier molecular flexibility index (Phi) is 6.04. The van der Waals surface area contributed by atoms with Gasteiger partial charge in [0.15, 0.2) is 11.7 Å². The van der Waals surface area contributed by atoms with Crippen molar-refractivity contribution < 1.29 is 14.0 Å². The molecule has 0 radical (unpaired) electrons. The molecular formula is C20H21ClN4O3S. The number of amides is 2. The first-order valence-electron chi connectivity index (χ1n) is 8.90. The highest BCUT2D eigenvalue weighted by molar-refractivity contribution is 7.03. The van der Waals surface area contributed by atoms with Crippen LogP contribution in [0.5, 0.6) is 0 Å². The van der Waals surface area contributed by atoms with Gasteiger partial charge in [-0.05, 0) is 69.6 Å². The SMILES string of the molecule is Cc1ccc([C@H](C(=O)NC(C)(C)C)N(C(=O)c2csnn2)c2cccc(Cl)c2)o1. The van der Waals surface area contributed by atoms with Gasteiger partial charge in [-0.15, -0.1) is 5.10 Å². The summed E-state index contributed by atoms with van der Waals surface area (Å²) in [7, 11) is 0. The van der Waals surface area contributed by atoms with E-state index in [9.17, 15) is 9.59 Å². The van der Waals surface area contributed by atoms with Gasteiger partial charge in [-0.3, -0.25) is 14.5 Å². The zero-order valence-corrected chi connectivity index (χ0v) is 18.0. The number of hydrogen-bond donors (Lipinski definition) is 1. The molecule has 0 aliphatic rings. The van der Waals surface area contributed by atoms with Gasteiger partial charge < -0.3 is 9.73 Å². The Morgan fingerprint density at radius 2 is 2.00 bits per heavy atom. The molecule has 0 bridgehead atoms. The third-order valence-electron chi connectivity index (χ3n) is 3.92. The van der Waals surface area contributed by atoms with Crippen molar-refractivity contribution >= 4 is 40.6 Å². The lowest BCUT2D eigenvalue weighted by atomic mass is 10.1. The molecule has 0 aliphatic heterocycles. The van der Waals surface area contributed by atoms with E-state index in [1.807, 2.05) is 20.8 Å². The number of hydrogen-bond acceptors (Lipinski definition) is 6. The maximum atomic E-state index is 13.4. The molecule has 0 aliphatic carbocycles. The number of rotatable bonds is 5. The average molecular weight is 433 g/mol. The first-order chi connectivity index (χ1) is 13.7. The molecule has 3 rings (SSSR count). The molecule has 9 heteroatoms. The number of aromatic nitrogens is 2. The van der Waals surface area contributed by atoms with E-state index in [1.165, 1.54) is 10.3 Å². The highest BCUT2D eigenvalue weighted by atomic mass is 35.5. The number of nitrogens with one attached hydrogen (secondary N) is 1. The molecule has 0 spiro atoms. The van der Waals surface area contributed by atoms with E-state index in [0.29, 0.717) is 22.2 Å². The van der Waals surface area contributed by atoms with Gasteiger partial charge in [-0.1, -0.05) is 22.2 Å². The van der Waals surface area contributed by atoms with Crippen LogP contribution in [-0.2, 0) is 4.79 Å². The molecule has 1 aromatic carbocycles. The Hall–Kier alpha value is -2.71. The fourth-order valence-corrected chi connectivity index (χ4v) is 3.42. The molecule has 1 N–H and O–H groups in total. The van der Waals surface area contributed by atoms with Gasteiger partial charge in [-0.2, -0.15) is 0 Å². The van der Waals surface area contributed by atoms with Gasteiger partial charge in [-0.25, -0.2) is 0 Å². The fourth-order valence-electron chi connectivity index (χ4n) is 2.80. The van der Waals surface area contributed by atoms with Gasteiger partial charge in [0, 0.05) is 21.6 Å². The highest BCUT2D eigenvalue weighted by Crippen LogP contribution is 2.32. The zero-order chi connectivity index (χ0) is 21.2. The monoisotopic (exact) mass is 432 g/mol. The molecular weight excluding hydrogens is 412 g/mol. The van der Waals surface area contributed by atoms with Crippen LogP contribution in [0.4, 0.5) is 5.69 Å². The van der Waals surface area contributed by atoms with Crippen LogP contribution >= 0.6 is 23.1 Å². The van der Waals surface area contributed by atoms with Crippen molar-refractivity contribution in [2.75, 3.05) is 4.90 Å². The summed E-state index contributed by atoms with van der Waals surface area (Å²) in [4.78, 5) is 28.0. The van der Waals surface area contributed by atoms with Crippen molar-refractivity contribution in [3.8, 4) is 0 Å². The minimum Gasteiger partial charge on any atom is -0.464 e. The van der Waals surface area contributed by atoms with Crippen molar-refractivity contribution in [1.29, 1.82) is 0 Å². The smallest absolute Gasteiger partial charge is 0.280 e. The van der Waals surface area contributed by atoms with Crippen LogP contribution in [0.15, 0.2) is 46.2 Å². The maximum absolute atomic E-state index is 13.4. The van der Waals surface area contributed by atoms with Gasteiger partial charge in [0.2, 0.25) is 0 Å². The third-order valence-corrected chi connectivity index (χ3v) is 4.66. The average Bonchev–Trinajstić information content (AvgIpc) is 3.29. The predicted octanol–water partition coefficient (Wildman–Crippen LogP) is 4.40. The number of furan rings is 1. The standard InChI is InChI=1S/C20H21ClN4O3S/c1-12-8-9-16(28-12)17(18(26)22-20(2,3)4)25(14-7-5-6-13(21)10-14)19(27)15-11-29-24-23-15/h5-11,17H,1-4H3,(H,22,26)/t17-/m1/s1. The minimum absolute atomic E-state index is 0.131.